The number of likely N-dealkylation sites (N-methyl/N-ethyl adjacent to an activating group) is 1. The summed E-state index contributed by atoms with van der Waals surface area (Å²) in [5.74, 6) is 0.985. The Morgan fingerprint density at radius 3 is 2.06 bits per heavy atom. The van der Waals surface area contributed by atoms with Crippen molar-refractivity contribution in [3.8, 4) is 11.5 Å². The van der Waals surface area contributed by atoms with E-state index in [2.05, 4.69) is 43.3 Å². The predicted molar refractivity (Wildman–Crippen MR) is 137 cm³/mol. The number of phenols is 1. The number of rotatable bonds is 10. The van der Waals surface area contributed by atoms with Gasteiger partial charge in [0.15, 0.2) is 0 Å². The Morgan fingerprint density at radius 2 is 1.47 bits per heavy atom. The van der Waals surface area contributed by atoms with Crippen LogP contribution in [-0.4, -0.2) is 42.9 Å². The van der Waals surface area contributed by atoms with E-state index in [0.29, 0.717) is 19.8 Å². The summed E-state index contributed by atoms with van der Waals surface area (Å²) in [4.78, 5) is 13.2. The van der Waals surface area contributed by atoms with Crippen molar-refractivity contribution in [2.24, 2.45) is 0 Å². The van der Waals surface area contributed by atoms with Gasteiger partial charge in [-0.15, -0.1) is 0 Å². The third-order valence-electron chi connectivity index (χ3n) is 5.50. The Bertz CT molecular complexity index is 1070. The van der Waals surface area contributed by atoms with Crippen LogP contribution in [-0.2, 0) is 4.74 Å². The standard InChI is InChI=1S/C29H33NO4/c1-4-9-27(22-10-7-6-8-11-22)28(23-12-16-25(31)17-13-23)24-14-18-26(19-15-24)34-21-20-30(3)29(32)33-5-2/h6-8,10-19,31H,4-5,9,20-21H2,1-3H3. The number of amides is 1. The van der Waals surface area contributed by atoms with E-state index in [1.165, 1.54) is 16.0 Å². The monoisotopic (exact) mass is 459 g/mol. The molecule has 5 heteroatoms. The number of hydrogen-bond acceptors (Lipinski definition) is 4. The van der Waals surface area contributed by atoms with Crippen LogP contribution in [0, 0.1) is 0 Å². The lowest BCUT2D eigenvalue weighted by Crippen LogP contribution is -2.31. The summed E-state index contributed by atoms with van der Waals surface area (Å²) in [6, 6.07) is 25.8. The topological polar surface area (TPSA) is 59.0 Å². The van der Waals surface area contributed by atoms with Crippen LogP contribution in [0.25, 0.3) is 11.1 Å². The van der Waals surface area contributed by atoms with Crippen LogP contribution in [0.4, 0.5) is 4.79 Å². The van der Waals surface area contributed by atoms with Gasteiger partial charge in [0.25, 0.3) is 0 Å². The molecule has 0 bridgehead atoms. The van der Waals surface area contributed by atoms with E-state index in [4.69, 9.17) is 9.47 Å². The highest BCUT2D eigenvalue weighted by molar-refractivity contribution is 5.98. The van der Waals surface area contributed by atoms with Gasteiger partial charge in [0, 0.05) is 7.05 Å². The van der Waals surface area contributed by atoms with E-state index in [1.54, 1.807) is 26.1 Å². The smallest absolute Gasteiger partial charge is 0.409 e. The van der Waals surface area contributed by atoms with Crippen LogP contribution < -0.4 is 4.74 Å². The number of carbonyl (C=O) groups excluding carboxylic acids is 1. The van der Waals surface area contributed by atoms with Crippen molar-refractivity contribution in [2.75, 3.05) is 26.8 Å². The van der Waals surface area contributed by atoms with Crippen molar-refractivity contribution in [1.82, 2.24) is 4.90 Å². The molecule has 34 heavy (non-hydrogen) atoms. The molecule has 1 N–H and O–H groups in total. The van der Waals surface area contributed by atoms with Gasteiger partial charge >= 0.3 is 6.09 Å². The molecule has 3 aromatic carbocycles. The lowest BCUT2D eigenvalue weighted by Gasteiger charge is -2.18. The lowest BCUT2D eigenvalue weighted by molar-refractivity contribution is 0.110. The molecule has 0 saturated heterocycles. The fraction of sp³-hybridized carbons (Fsp3) is 0.276. The van der Waals surface area contributed by atoms with Gasteiger partial charge in [0.05, 0.1) is 13.2 Å². The highest BCUT2D eigenvalue weighted by Crippen LogP contribution is 2.36. The molecule has 0 aliphatic carbocycles. The third-order valence-corrected chi connectivity index (χ3v) is 5.50. The molecule has 0 heterocycles. The largest absolute Gasteiger partial charge is 0.508 e. The molecule has 0 fully saturated rings. The number of hydrogen-bond donors (Lipinski definition) is 1. The molecule has 178 valence electrons. The first kappa shape index (κ1) is 24.9. The average Bonchev–Trinajstić information content (AvgIpc) is 2.86. The molecule has 0 aromatic heterocycles. The van der Waals surface area contributed by atoms with E-state index in [1.807, 2.05) is 30.3 Å². The van der Waals surface area contributed by atoms with Crippen LogP contribution >= 0.6 is 0 Å². The van der Waals surface area contributed by atoms with Gasteiger partial charge in [-0.05, 0) is 65.4 Å². The highest BCUT2D eigenvalue weighted by Gasteiger charge is 2.14. The second-order valence-electron chi connectivity index (χ2n) is 8.01. The SMILES string of the molecule is CCCC(=C(c1ccc(O)cc1)c1ccc(OCCN(C)C(=O)OCC)cc1)c1ccccc1. The first-order chi connectivity index (χ1) is 16.5. The minimum atomic E-state index is -0.352. The number of benzene rings is 3. The van der Waals surface area contributed by atoms with Crippen LogP contribution in [0.5, 0.6) is 11.5 Å². The normalized spacial score (nSPS) is 11.5. The molecule has 0 aliphatic heterocycles. The highest BCUT2D eigenvalue weighted by atomic mass is 16.6. The lowest BCUT2D eigenvalue weighted by atomic mass is 9.87. The van der Waals surface area contributed by atoms with Crippen LogP contribution in [0.2, 0.25) is 0 Å². The Hall–Kier alpha value is -3.73. The first-order valence-electron chi connectivity index (χ1n) is 11.7. The maximum Gasteiger partial charge on any atom is 0.409 e. The molecule has 0 spiro atoms. The quantitative estimate of drug-likeness (QED) is 0.346. The zero-order valence-electron chi connectivity index (χ0n) is 20.2. The van der Waals surface area contributed by atoms with Gasteiger partial charge < -0.3 is 19.5 Å². The summed E-state index contributed by atoms with van der Waals surface area (Å²) >= 11 is 0. The van der Waals surface area contributed by atoms with Crippen molar-refractivity contribution >= 4 is 17.2 Å². The summed E-state index contributed by atoms with van der Waals surface area (Å²) in [6.45, 7) is 5.13. The summed E-state index contributed by atoms with van der Waals surface area (Å²) in [5.41, 5.74) is 5.72. The van der Waals surface area contributed by atoms with Gasteiger partial charge in [-0.1, -0.05) is 67.9 Å². The second kappa shape index (κ2) is 12.5. The van der Waals surface area contributed by atoms with Crippen molar-refractivity contribution in [1.29, 1.82) is 0 Å². The fourth-order valence-corrected chi connectivity index (χ4v) is 3.79. The van der Waals surface area contributed by atoms with Crippen molar-refractivity contribution in [3.63, 3.8) is 0 Å². The number of carbonyl (C=O) groups is 1. The maximum atomic E-state index is 11.7. The van der Waals surface area contributed by atoms with E-state index in [9.17, 15) is 9.90 Å². The summed E-state index contributed by atoms with van der Waals surface area (Å²) in [7, 11) is 1.69. The third kappa shape index (κ3) is 6.64. The average molecular weight is 460 g/mol. The number of aromatic hydroxyl groups is 1. The zero-order valence-corrected chi connectivity index (χ0v) is 20.2. The van der Waals surface area contributed by atoms with Crippen LogP contribution in [0.15, 0.2) is 78.9 Å². The number of phenolic OH excluding ortho intramolecular Hbond substituents is 1. The minimum absolute atomic E-state index is 0.247. The van der Waals surface area contributed by atoms with Gasteiger partial charge in [-0.3, -0.25) is 0 Å². The van der Waals surface area contributed by atoms with Gasteiger partial charge in [-0.2, -0.15) is 0 Å². The van der Waals surface area contributed by atoms with Gasteiger partial charge in [0.1, 0.15) is 18.1 Å². The van der Waals surface area contributed by atoms with E-state index in [-0.39, 0.29) is 11.8 Å². The summed E-state index contributed by atoms with van der Waals surface area (Å²) in [6.07, 6.45) is 1.59. The number of ether oxygens (including phenoxy) is 2. The van der Waals surface area contributed by atoms with Crippen LogP contribution in [0.1, 0.15) is 43.4 Å². The van der Waals surface area contributed by atoms with Crippen molar-refractivity contribution in [2.45, 2.75) is 26.7 Å². The minimum Gasteiger partial charge on any atom is -0.508 e. The molecule has 3 aromatic rings. The molecule has 0 aliphatic rings. The summed E-state index contributed by atoms with van der Waals surface area (Å²) in [5, 5.41) is 9.83. The maximum absolute atomic E-state index is 11.7. The fourth-order valence-electron chi connectivity index (χ4n) is 3.79. The Morgan fingerprint density at radius 1 is 0.853 bits per heavy atom. The van der Waals surface area contributed by atoms with Crippen LogP contribution in [0.3, 0.4) is 0 Å². The van der Waals surface area contributed by atoms with E-state index < -0.39 is 0 Å². The second-order valence-corrected chi connectivity index (χ2v) is 8.01. The molecule has 3 rings (SSSR count). The van der Waals surface area contributed by atoms with Crippen molar-refractivity contribution in [3.05, 3.63) is 95.6 Å². The molecular weight excluding hydrogens is 426 g/mol. The molecular formula is C29H33NO4. The van der Waals surface area contributed by atoms with E-state index in [0.717, 1.165) is 35.3 Å². The molecule has 0 unspecified atom stereocenters. The molecule has 0 atom stereocenters. The first-order valence-corrected chi connectivity index (χ1v) is 11.7. The summed E-state index contributed by atoms with van der Waals surface area (Å²) < 4.78 is 10.8. The van der Waals surface area contributed by atoms with Gasteiger partial charge in [-0.25, -0.2) is 4.79 Å². The van der Waals surface area contributed by atoms with E-state index >= 15 is 0 Å². The van der Waals surface area contributed by atoms with Gasteiger partial charge in [0.2, 0.25) is 0 Å². The molecule has 5 nitrogen and oxygen atoms in total. The molecule has 0 radical (unpaired) electrons. The zero-order chi connectivity index (χ0) is 24.3. The Balaban J connectivity index is 1.88. The predicted octanol–water partition coefficient (Wildman–Crippen LogP) is 6.62. The molecule has 0 saturated carbocycles. The Kier molecular flexibility index (Phi) is 9.15. The number of allylic oxidation sites excluding steroid dienone is 1. The van der Waals surface area contributed by atoms with Crippen molar-refractivity contribution < 1.29 is 19.4 Å². The number of nitrogens with zero attached hydrogens (tertiary/aromatic N) is 1. The Labute approximate surface area is 202 Å². The molecule has 1 amide bonds.